The van der Waals surface area contributed by atoms with Gasteiger partial charge in [0.1, 0.15) is 0 Å². The molecule has 1 aromatic heterocycles. The van der Waals surface area contributed by atoms with E-state index < -0.39 is 0 Å². The van der Waals surface area contributed by atoms with Crippen molar-refractivity contribution >= 4 is 11.6 Å². The molecule has 0 bridgehead atoms. The van der Waals surface area contributed by atoms with Gasteiger partial charge in [0.25, 0.3) is 5.91 Å². The summed E-state index contributed by atoms with van der Waals surface area (Å²) in [5.41, 5.74) is 2.60. The number of pyridine rings is 1. The molecule has 0 saturated heterocycles. The van der Waals surface area contributed by atoms with Crippen LogP contribution in [0.1, 0.15) is 54.9 Å². The second-order valence-corrected chi connectivity index (χ2v) is 7.02. The fourth-order valence-corrected chi connectivity index (χ4v) is 3.61. The summed E-state index contributed by atoms with van der Waals surface area (Å²) in [6, 6.07) is 11.9. The number of rotatable bonds is 7. The van der Waals surface area contributed by atoms with Gasteiger partial charge in [0, 0.05) is 36.2 Å². The SMILES string of the molecule is CC(CC1CCCC1)NCc1ccccc1NC(=O)c1ccncc1. The second kappa shape index (κ2) is 8.77. The average molecular weight is 337 g/mol. The van der Waals surface area contributed by atoms with Crippen molar-refractivity contribution in [1.82, 2.24) is 10.3 Å². The van der Waals surface area contributed by atoms with Gasteiger partial charge in [0.15, 0.2) is 0 Å². The van der Waals surface area contributed by atoms with Gasteiger partial charge in [-0.1, -0.05) is 43.9 Å². The Morgan fingerprint density at radius 1 is 1.16 bits per heavy atom. The number of para-hydroxylation sites is 1. The minimum Gasteiger partial charge on any atom is -0.322 e. The lowest BCUT2D eigenvalue weighted by molar-refractivity contribution is 0.102. The van der Waals surface area contributed by atoms with E-state index in [2.05, 4.69) is 28.6 Å². The predicted octanol–water partition coefficient (Wildman–Crippen LogP) is 4.39. The summed E-state index contributed by atoms with van der Waals surface area (Å²) in [5, 5.41) is 6.63. The molecule has 1 unspecified atom stereocenters. The van der Waals surface area contributed by atoms with E-state index in [0.717, 1.165) is 23.7 Å². The number of hydrogen-bond acceptors (Lipinski definition) is 3. The number of nitrogens with zero attached hydrogens (tertiary/aromatic N) is 1. The molecule has 1 atom stereocenters. The third-order valence-electron chi connectivity index (χ3n) is 5.01. The number of anilines is 1. The largest absolute Gasteiger partial charge is 0.322 e. The van der Waals surface area contributed by atoms with Gasteiger partial charge in [0.2, 0.25) is 0 Å². The van der Waals surface area contributed by atoms with Crippen molar-refractivity contribution in [1.29, 1.82) is 0 Å². The number of amides is 1. The molecule has 132 valence electrons. The molecule has 1 heterocycles. The molecule has 1 aliphatic carbocycles. The van der Waals surface area contributed by atoms with Crippen LogP contribution >= 0.6 is 0 Å². The van der Waals surface area contributed by atoms with E-state index in [1.165, 1.54) is 32.1 Å². The molecule has 0 radical (unpaired) electrons. The van der Waals surface area contributed by atoms with Crippen LogP contribution in [0, 0.1) is 5.92 Å². The number of nitrogens with one attached hydrogen (secondary N) is 2. The number of aromatic nitrogens is 1. The van der Waals surface area contributed by atoms with Crippen LogP contribution in [0.25, 0.3) is 0 Å². The summed E-state index contributed by atoms with van der Waals surface area (Å²) in [6.45, 7) is 3.02. The molecule has 25 heavy (non-hydrogen) atoms. The number of hydrogen-bond donors (Lipinski definition) is 2. The van der Waals surface area contributed by atoms with Gasteiger partial charge in [-0.25, -0.2) is 0 Å². The Balaban J connectivity index is 1.57. The highest BCUT2D eigenvalue weighted by atomic mass is 16.1. The van der Waals surface area contributed by atoms with Crippen LogP contribution in [-0.2, 0) is 6.54 Å². The van der Waals surface area contributed by atoms with Crippen LogP contribution in [-0.4, -0.2) is 16.9 Å². The highest BCUT2D eigenvalue weighted by Gasteiger charge is 2.17. The second-order valence-electron chi connectivity index (χ2n) is 7.02. The van der Waals surface area contributed by atoms with E-state index in [4.69, 9.17) is 0 Å². The first-order valence-electron chi connectivity index (χ1n) is 9.25. The van der Waals surface area contributed by atoms with Gasteiger partial charge in [-0.3, -0.25) is 9.78 Å². The Hall–Kier alpha value is -2.20. The zero-order valence-corrected chi connectivity index (χ0v) is 14.9. The average Bonchev–Trinajstić information content (AvgIpc) is 3.14. The normalized spacial score (nSPS) is 15.9. The summed E-state index contributed by atoms with van der Waals surface area (Å²) < 4.78 is 0. The predicted molar refractivity (Wildman–Crippen MR) is 102 cm³/mol. The van der Waals surface area contributed by atoms with E-state index in [9.17, 15) is 4.79 Å². The van der Waals surface area contributed by atoms with Crippen molar-refractivity contribution in [2.75, 3.05) is 5.32 Å². The van der Waals surface area contributed by atoms with E-state index >= 15 is 0 Å². The van der Waals surface area contributed by atoms with Crippen molar-refractivity contribution in [2.45, 2.75) is 51.6 Å². The molecule has 4 nitrogen and oxygen atoms in total. The van der Waals surface area contributed by atoms with Crippen molar-refractivity contribution < 1.29 is 4.79 Å². The Bertz CT molecular complexity index is 681. The topological polar surface area (TPSA) is 54.0 Å². The summed E-state index contributed by atoms with van der Waals surface area (Å²) in [6.07, 6.45) is 10.0. The maximum absolute atomic E-state index is 12.4. The third-order valence-corrected chi connectivity index (χ3v) is 5.01. The molecule has 0 aliphatic heterocycles. The molecule has 4 heteroatoms. The Labute approximate surface area is 150 Å². The van der Waals surface area contributed by atoms with Crippen molar-refractivity contribution in [2.24, 2.45) is 5.92 Å². The molecular weight excluding hydrogens is 310 g/mol. The molecule has 1 aromatic carbocycles. The summed E-state index contributed by atoms with van der Waals surface area (Å²) in [4.78, 5) is 16.3. The van der Waals surface area contributed by atoms with Crippen LogP contribution in [0.5, 0.6) is 0 Å². The van der Waals surface area contributed by atoms with Crippen molar-refractivity contribution in [3.05, 3.63) is 59.9 Å². The lowest BCUT2D eigenvalue weighted by atomic mass is 9.99. The molecule has 0 spiro atoms. The molecular formula is C21H27N3O. The fraction of sp³-hybridized carbons (Fsp3) is 0.429. The number of benzene rings is 1. The number of carbonyl (C=O) groups is 1. The van der Waals surface area contributed by atoms with Crippen LogP contribution < -0.4 is 10.6 Å². The van der Waals surface area contributed by atoms with Gasteiger partial charge >= 0.3 is 0 Å². The smallest absolute Gasteiger partial charge is 0.255 e. The zero-order valence-electron chi connectivity index (χ0n) is 14.9. The lowest BCUT2D eigenvalue weighted by Crippen LogP contribution is -2.28. The molecule has 1 saturated carbocycles. The molecule has 2 aromatic rings. The van der Waals surface area contributed by atoms with E-state index in [-0.39, 0.29) is 5.91 Å². The highest BCUT2D eigenvalue weighted by Crippen LogP contribution is 2.28. The Morgan fingerprint density at radius 2 is 1.88 bits per heavy atom. The van der Waals surface area contributed by atoms with Gasteiger partial charge in [-0.15, -0.1) is 0 Å². The van der Waals surface area contributed by atoms with Gasteiger partial charge in [-0.2, -0.15) is 0 Å². The summed E-state index contributed by atoms with van der Waals surface area (Å²) >= 11 is 0. The monoisotopic (exact) mass is 337 g/mol. The number of carbonyl (C=O) groups excluding carboxylic acids is 1. The van der Waals surface area contributed by atoms with Crippen LogP contribution in [0.3, 0.4) is 0 Å². The maximum atomic E-state index is 12.4. The summed E-state index contributed by atoms with van der Waals surface area (Å²) in [7, 11) is 0. The Morgan fingerprint density at radius 3 is 2.64 bits per heavy atom. The quantitative estimate of drug-likeness (QED) is 0.788. The molecule has 3 rings (SSSR count). The van der Waals surface area contributed by atoms with Crippen LogP contribution in [0.4, 0.5) is 5.69 Å². The molecule has 1 amide bonds. The van der Waals surface area contributed by atoms with E-state index in [1.807, 2.05) is 18.2 Å². The van der Waals surface area contributed by atoms with Gasteiger partial charge < -0.3 is 10.6 Å². The van der Waals surface area contributed by atoms with E-state index in [0.29, 0.717) is 11.6 Å². The molecule has 1 fully saturated rings. The minimum atomic E-state index is -0.103. The van der Waals surface area contributed by atoms with Crippen LogP contribution in [0.15, 0.2) is 48.8 Å². The van der Waals surface area contributed by atoms with Gasteiger partial charge in [0.05, 0.1) is 0 Å². The lowest BCUT2D eigenvalue weighted by Gasteiger charge is -2.19. The minimum absolute atomic E-state index is 0.103. The fourth-order valence-electron chi connectivity index (χ4n) is 3.61. The standard InChI is InChI=1S/C21H27N3O/c1-16(14-17-6-2-3-7-17)23-15-19-8-4-5-9-20(19)24-21(25)18-10-12-22-13-11-18/h4-5,8-13,16-17,23H,2-3,6-7,14-15H2,1H3,(H,24,25). The third kappa shape index (κ3) is 5.13. The van der Waals surface area contributed by atoms with Crippen molar-refractivity contribution in [3.63, 3.8) is 0 Å². The first-order chi connectivity index (χ1) is 12.2. The summed E-state index contributed by atoms with van der Waals surface area (Å²) in [5.74, 6) is 0.776. The zero-order chi connectivity index (χ0) is 17.5. The first kappa shape index (κ1) is 17.6. The molecule has 2 N–H and O–H groups in total. The van der Waals surface area contributed by atoms with Gasteiger partial charge in [-0.05, 0) is 43.0 Å². The highest BCUT2D eigenvalue weighted by molar-refractivity contribution is 6.04. The first-order valence-corrected chi connectivity index (χ1v) is 9.25. The molecule has 1 aliphatic rings. The Kier molecular flexibility index (Phi) is 6.18. The van der Waals surface area contributed by atoms with Crippen molar-refractivity contribution in [3.8, 4) is 0 Å². The maximum Gasteiger partial charge on any atom is 0.255 e. The van der Waals surface area contributed by atoms with E-state index in [1.54, 1.807) is 24.5 Å². The van der Waals surface area contributed by atoms with Crippen LogP contribution in [0.2, 0.25) is 0 Å².